The van der Waals surface area contributed by atoms with Crippen molar-refractivity contribution in [3.05, 3.63) is 54.4 Å². The monoisotopic (exact) mass is 456 g/mol. The number of hydrogen-bond acceptors (Lipinski definition) is 8. The average Bonchev–Trinajstić information content (AvgIpc) is 3.09. The second-order valence-corrected chi connectivity index (χ2v) is 10.0. The van der Waals surface area contributed by atoms with Gasteiger partial charge in [-0.05, 0) is 87.1 Å². The lowest BCUT2D eigenvalue weighted by atomic mass is 9.84. The van der Waals surface area contributed by atoms with Gasteiger partial charge in [-0.15, -0.1) is 10.2 Å². The maximum atomic E-state index is 9.54. The topological polar surface area (TPSA) is 107 Å². The molecule has 8 nitrogen and oxygen atoms in total. The van der Waals surface area contributed by atoms with Crippen molar-refractivity contribution in [2.45, 2.75) is 56.7 Å². The minimum Gasteiger partial charge on any atom is -0.355 e. The quantitative estimate of drug-likeness (QED) is 0.429. The molecule has 5 rings (SSSR count). The predicted octanol–water partition coefficient (Wildman–Crippen LogP) is 4.43. The van der Waals surface area contributed by atoms with Gasteiger partial charge in [0.2, 0.25) is 0 Å². The maximum absolute atomic E-state index is 9.54. The summed E-state index contributed by atoms with van der Waals surface area (Å²) >= 11 is 0. The summed E-state index contributed by atoms with van der Waals surface area (Å²) < 4.78 is 0. The summed E-state index contributed by atoms with van der Waals surface area (Å²) in [5.74, 6) is 1.09. The third-order valence-corrected chi connectivity index (χ3v) is 7.33. The van der Waals surface area contributed by atoms with Crippen molar-refractivity contribution in [1.82, 2.24) is 20.5 Å². The van der Waals surface area contributed by atoms with Gasteiger partial charge < -0.3 is 15.1 Å². The Bertz CT molecular complexity index is 1240. The molecule has 2 N–H and O–H groups in total. The van der Waals surface area contributed by atoms with E-state index in [0.29, 0.717) is 23.0 Å². The Balaban J connectivity index is 1.38. The third-order valence-electron chi connectivity index (χ3n) is 7.33. The smallest absolute Gasteiger partial charge is 0.175 e. The number of hydrogen-bond donors (Lipinski definition) is 2. The van der Waals surface area contributed by atoms with Crippen molar-refractivity contribution >= 4 is 5.82 Å². The first kappa shape index (κ1) is 22.3. The molecule has 0 amide bonds. The summed E-state index contributed by atoms with van der Waals surface area (Å²) in [4.78, 5) is 10.9. The van der Waals surface area contributed by atoms with E-state index < -0.39 is 0 Å². The van der Waals surface area contributed by atoms with E-state index in [1.807, 2.05) is 30.3 Å². The highest BCUT2D eigenvalue weighted by atomic mass is 17.1. The van der Waals surface area contributed by atoms with Gasteiger partial charge in [-0.3, -0.25) is 0 Å². The summed E-state index contributed by atoms with van der Waals surface area (Å²) in [6, 6.07) is 15.2. The molecule has 4 heterocycles. The SMILES string of the molecule is CN(c1ccc(-c2ccc(-c3ccnc(C#N)c3)cc2OO)nn1)[C@H]1C[C@]2(C)CC[C@](C)(C1)N2. The van der Waals surface area contributed by atoms with Crippen LogP contribution in [0.3, 0.4) is 0 Å². The molecule has 8 heteroatoms. The lowest BCUT2D eigenvalue weighted by Crippen LogP contribution is -2.58. The molecule has 2 fully saturated rings. The van der Waals surface area contributed by atoms with Crippen molar-refractivity contribution in [2.24, 2.45) is 0 Å². The van der Waals surface area contributed by atoms with Gasteiger partial charge in [0, 0.05) is 35.9 Å². The van der Waals surface area contributed by atoms with Crippen LogP contribution in [0.2, 0.25) is 0 Å². The van der Waals surface area contributed by atoms with E-state index in [1.54, 1.807) is 24.4 Å². The normalized spacial score (nSPS) is 25.6. The van der Waals surface area contributed by atoms with Gasteiger partial charge in [-0.1, -0.05) is 6.07 Å². The van der Waals surface area contributed by atoms with E-state index >= 15 is 0 Å². The molecule has 0 saturated carbocycles. The van der Waals surface area contributed by atoms with Gasteiger partial charge >= 0.3 is 0 Å². The largest absolute Gasteiger partial charge is 0.355 e. The molecule has 0 aliphatic carbocycles. The summed E-state index contributed by atoms with van der Waals surface area (Å²) in [6.07, 6.45) is 6.14. The number of rotatable bonds is 5. The highest BCUT2D eigenvalue weighted by molar-refractivity contribution is 5.75. The Morgan fingerprint density at radius 3 is 2.44 bits per heavy atom. The molecule has 2 aliphatic heterocycles. The molecule has 0 spiro atoms. The molecule has 0 radical (unpaired) electrons. The van der Waals surface area contributed by atoms with Crippen LogP contribution in [-0.2, 0) is 0 Å². The molecule has 1 aromatic carbocycles. The number of piperidine rings is 1. The zero-order chi connectivity index (χ0) is 23.9. The van der Waals surface area contributed by atoms with E-state index in [0.717, 1.165) is 29.8 Å². The van der Waals surface area contributed by atoms with E-state index in [-0.39, 0.29) is 16.8 Å². The first-order valence-corrected chi connectivity index (χ1v) is 11.5. The Morgan fingerprint density at radius 1 is 1.06 bits per heavy atom. The van der Waals surface area contributed by atoms with Crippen molar-refractivity contribution in [3.63, 3.8) is 0 Å². The lowest BCUT2D eigenvalue weighted by Gasteiger charge is -2.45. The molecular weight excluding hydrogens is 428 g/mol. The van der Waals surface area contributed by atoms with Crippen molar-refractivity contribution in [3.8, 4) is 34.2 Å². The second-order valence-electron chi connectivity index (χ2n) is 10.0. The fourth-order valence-electron chi connectivity index (χ4n) is 5.60. The highest BCUT2D eigenvalue weighted by Crippen LogP contribution is 2.44. The van der Waals surface area contributed by atoms with Crippen LogP contribution in [0.25, 0.3) is 22.4 Å². The number of nitrogens with zero attached hydrogens (tertiary/aromatic N) is 5. The molecule has 3 aromatic rings. The Kier molecular flexibility index (Phi) is 5.47. The molecule has 34 heavy (non-hydrogen) atoms. The van der Waals surface area contributed by atoms with Gasteiger partial charge in [0.1, 0.15) is 11.8 Å². The minimum absolute atomic E-state index is 0.178. The average molecular weight is 457 g/mol. The van der Waals surface area contributed by atoms with Crippen molar-refractivity contribution < 1.29 is 10.1 Å². The van der Waals surface area contributed by atoms with E-state index in [9.17, 15) is 5.26 Å². The number of fused-ring (bicyclic) bond motifs is 2. The molecule has 2 aromatic heterocycles. The fourth-order valence-corrected chi connectivity index (χ4v) is 5.60. The lowest BCUT2D eigenvalue weighted by molar-refractivity contribution is -0.137. The molecule has 2 bridgehead atoms. The van der Waals surface area contributed by atoms with Crippen molar-refractivity contribution in [2.75, 3.05) is 11.9 Å². The van der Waals surface area contributed by atoms with E-state index in [1.165, 1.54) is 12.8 Å². The summed E-state index contributed by atoms with van der Waals surface area (Å²) in [6.45, 7) is 4.64. The predicted molar refractivity (Wildman–Crippen MR) is 129 cm³/mol. The highest BCUT2D eigenvalue weighted by Gasteiger charge is 2.49. The standard InChI is InChI=1S/C26H28N6O2/c1-25-9-10-26(2,31-25)15-20(14-25)32(3)24-7-6-22(29-30-24)21-5-4-17(13-23(21)34-33)18-8-11-28-19(12-18)16-27/h4-8,11-13,20,31,33H,9-10,14-15H2,1-3H3/t20-,25-,26+. The second kappa shape index (κ2) is 8.35. The molecule has 2 saturated heterocycles. The Labute approximate surface area is 199 Å². The number of nitriles is 1. The van der Waals surface area contributed by atoms with Crippen LogP contribution in [-0.4, -0.2) is 44.6 Å². The number of nitrogens with one attached hydrogen (secondary N) is 1. The molecule has 2 aliphatic rings. The summed E-state index contributed by atoms with van der Waals surface area (Å²) in [5, 5.41) is 31.4. The zero-order valence-electron chi connectivity index (χ0n) is 19.6. The van der Waals surface area contributed by atoms with Crippen LogP contribution in [0.15, 0.2) is 48.7 Å². The van der Waals surface area contributed by atoms with Gasteiger partial charge in [0.25, 0.3) is 0 Å². The Morgan fingerprint density at radius 2 is 1.79 bits per heavy atom. The number of anilines is 1. The third kappa shape index (κ3) is 4.09. The minimum atomic E-state index is 0.178. The summed E-state index contributed by atoms with van der Waals surface area (Å²) in [7, 11) is 2.09. The van der Waals surface area contributed by atoms with Crippen LogP contribution in [0, 0.1) is 11.3 Å². The first-order valence-electron chi connectivity index (χ1n) is 11.5. The molecule has 3 atom stereocenters. The Hall–Kier alpha value is -3.54. The van der Waals surface area contributed by atoms with Gasteiger partial charge in [-0.25, -0.2) is 10.2 Å². The maximum Gasteiger partial charge on any atom is 0.175 e. The molecular formula is C26H28N6O2. The van der Waals surface area contributed by atoms with Crippen LogP contribution < -0.4 is 15.1 Å². The van der Waals surface area contributed by atoms with Crippen LogP contribution in [0.1, 0.15) is 45.2 Å². The number of benzene rings is 1. The van der Waals surface area contributed by atoms with Crippen LogP contribution in [0.4, 0.5) is 5.82 Å². The first-order chi connectivity index (χ1) is 16.3. The van der Waals surface area contributed by atoms with Gasteiger partial charge in [0.15, 0.2) is 11.6 Å². The fraction of sp³-hybridized carbons (Fsp3) is 0.385. The van der Waals surface area contributed by atoms with Gasteiger partial charge in [0.05, 0.1) is 5.69 Å². The number of pyridine rings is 1. The van der Waals surface area contributed by atoms with Crippen molar-refractivity contribution in [1.29, 1.82) is 5.26 Å². The van der Waals surface area contributed by atoms with Gasteiger partial charge in [-0.2, -0.15) is 5.26 Å². The van der Waals surface area contributed by atoms with Crippen LogP contribution in [0.5, 0.6) is 5.75 Å². The zero-order valence-corrected chi connectivity index (χ0v) is 19.6. The van der Waals surface area contributed by atoms with E-state index in [4.69, 9.17) is 5.26 Å². The van der Waals surface area contributed by atoms with E-state index in [2.05, 4.69) is 51.2 Å². The van der Waals surface area contributed by atoms with Crippen LogP contribution >= 0.6 is 0 Å². The molecule has 0 unspecified atom stereocenters. The summed E-state index contributed by atoms with van der Waals surface area (Å²) in [5.41, 5.74) is 3.50. The molecule has 174 valence electrons. The number of aromatic nitrogens is 3.